The Labute approximate surface area is 55.9 Å². The van der Waals surface area contributed by atoms with E-state index in [4.69, 9.17) is 0 Å². The van der Waals surface area contributed by atoms with Crippen LogP contribution in [0.2, 0.25) is 0 Å². The Morgan fingerprint density at radius 1 is 1.78 bits per heavy atom. The predicted octanol–water partition coefficient (Wildman–Crippen LogP) is 1.25. The van der Waals surface area contributed by atoms with Gasteiger partial charge in [-0.1, -0.05) is 6.58 Å². The molecule has 0 aromatic rings. The summed E-state index contributed by atoms with van der Waals surface area (Å²) in [6, 6.07) is 0. The van der Waals surface area contributed by atoms with E-state index in [1.807, 2.05) is 6.34 Å². The lowest BCUT2D eigenvalue weighted by atomic mass is 10.3. The highest BCUT2D eigenvalue weighted by atomic mass is 15.2. The molecular weight excluding hydrogens is 112 g/mol. The van der Waals surface area contributed by atoms with Crippen molar-refractivity contribution in [2.24, 2.45) is 4.99 Å². The standard InChI is InChI=1S/C7H12N2/c1-7-4-3-5-9(7)6-8-2/h6H,1,3-5H2,2H3. The third kappa shape index (κ3) is 1.31. The van der Waals surface area contributed by atoms with E-state index in [1.165, 1.54) is 12.1 Å². The fourth-order valence-corrected chi connectivity index (χ4v) is 1.03. The molecule has 0 amide bonds. The van der Waals surface area contributed by atoms with Gasteiger partial charge in [-0.15, -0.1) is 0 Å². The van der Waals surface area contributed by atoms with Gasteiger partial charge in [-0.2, -0.15) is 0 Å². The van der Waals surface area contributed by atoms with Gasteiger partial charge in [0.1, 0.15) is 0 Å². The van der Waals surface area contributed by atoms with Crippen molar-refractivity contribution in [2.75, 3.05) is 13.6 Å². The zero-order valence-electron chi connectivity index (χ0n) is 5.80. The second-order valence-corrected chi connectivity index (χ2v) is 2.24. The highest BCUT2D eigenvalue weighted by Crippen LogP contribution is 2.15. The Morgan fingerprint density at radius 2 is 2.56 bits per heavy atom. The SMILES string of the molecule is C=C1CCCN1C=NC. The first kappa shape index (κ1) is 6.33. The predicted molar refractivity (Wildman–Crippen MR) is 39.5 cm³/mol. The van der Waals surface area contributed by atoms with Gasteiger partial charge in [-0.05, 0) is 12.8 Å². The molecule has 0 aromatic heterocycles. The molecule has 1 rings (SSSR count). The van der Waals surface area contributed by atoms with Crippen molar-refractivity contribution in [3.63, 3.8) is 0 Å². The first-order chi connectivity index (χ1) is 4.34. The molecule has 0 radical (unpaired) electrons. The van der Waals surface area contributed by atoms with Gasteiger partial charge in [0.2, 0.25) is 0 Å². The maximum Gasteiger partial charge on any atom is 0.0888 e. The van der Waals surface area contributed by atoms with Gasteiger partial charge in [-0.25, -0.2) is 0 Å². The Bertz CT molecular complexity index is 138. The van der Waals surface area contributed by atoms with Crippen molar-refractivity contribution in [3.8, 4) is 0 Å². The van der Waals surface area contributed by atoms with Crippen LogP contribution in [0.25, 0.3) is 0 Å². The van der Waals surface area contributed by atoms with Crippen LogP contribution in [0.3, 0.4) is 0 Å². The molecule has 50 valence electrons. The van der Waals surface area contributed by atoms with Crippen LogP contribution < -0.4 is 0 Å². The molecule has 1 aliphatic heterocycles. The number of nitrogens with zero attached hydrogens (tertiary/aromatic N) is 2. The molecule has 0 unspecified atom stereocenters. The number of rotatable bonds is 1. The summed E-state index contributed by atoms with van der Waals surface area (Å²) in [7, 11) is 1.78. The topological polar surface area (TPSA) is 15.6 Å². The van der Waals surface area contributed by atoms with E-state index in [0.29, 0.717) is 0 Å². The zero-order chi connectivity index (χ0) is 6.69. The molecule has 0 spiro atoms. The fourth-order valence-electron chi connectivity index (χ4n) is 1.03. The van der Waals surface area contributed by atoms with Gasteiger partial charge in [0.15, 0.2) is 0 Å². The lowest BCUT2D eigenvalue weighted by Gasteiger charge is -2.10. The van der Waals surface area contributed by atoms with Crippen LogP contribution >= 0.6 is 0 Å². The van der Waals surface area contributed by atoms with Crippen LogP contribution in [0.4, 0.5) is 0 Å². The van der Waals surface area contributed by atoms with E-state index in [2.05, 4.69) is 16.5 Å². The summed E-state index contributed by atoms with van der Waals surface area (Å²) >= 11 is 0. The number of hydrogen-bond acceptors (Lipinski definition) is 1. The summed E-state index contributed by atoms with van der Waals surface area (Å²) < 4.78 is 0. The van der Waals surface area contributed by atoms with E-state index >= 15 is 0 Å². The third-order valence-corrected chi connectivity index (χ3v) is 1.53. The lowest BCUT2D eigenvalue weighted by molar-refractivity contribution is 0.607. The van der Waals surface area contributed by atoms with Crippen molar-refractivity contribution in [3.05, 3.63) is 12.3 Å². The minimum atomic E-state index is 1.09. The Kier molecular flexibility index (Phi) is 1.88. The second kappa shape index (κ2) is 2.67. The van der Waals surface area contributed by atoms with Crippen molar-refractivity contribution >= 4 is 6.34 Å². The normalized spacial score (nSPS) is 20.1. The Hall–Kier alpha value is -0.790. The van der Waals surface area contributed by atoms with Crippen LogP contribution in [-0.2, 0) is 0 Å². The van der Waals surface area contributed by atoms with Gasteiger partial charge in [0.25, 0.3) is 0 Å². The molecular formula is C7H12N2. The summed E-state index contributed by atoms with van der Waals surface area (Å²) in [6.07, 6.45) is 4.20. The first-order valence-corrected chi connectivity index (χ1v) is 3.21. The molecule has 0 atom stereocenters. The average Bonchev–Trinajstić information content (AvgIpc) is 2.18. The summed E-state index contributed by atoms with van der Waals surface area (Å²) in [6.45, 7) is 4.98. The minimum Gasteiger partial charge on any atom is -0.337 e. The Balaban J connectivity index is 2.49. The second-order valence-electron chi connectivity index (χ2n) is 2.24. The van der Waals surface area contributed by atoms with Gasteiger partial charge >= 0.3 is 0 Å². The quantitative estimate of drug-likeness (QED) is 0.379. The smallest absolute Gasteiger partial charge is 0.0888 e. The van der Waals surface area contributed by atoms with Crippen LogP contribution in [-0.4, -0.2) is 24.8 Å². The molecule has 2 heteroatoms. The molecule has 0 bridgehead atoms. The fraction of sp³-hybridized carbons (Fsp3) is 0.571. The average molecular weight is 124 g/mol. The molecule has 0 saturated carbocycles. The maximum atomic E-state index is 3.91. The minimum absolute atomic E-state index is 1.09. The van der Waals surface area contributed by atoms with Crippen LogP contribution in [0.1, 0.15) is 12.8 Å². The first-order valence-electron chi connectivity index (χ1n) is 3.21. The highest BCUT2D eigenvalue weighted by Gasteiger charge is 2.11. The van der Waals surface area contributed by atoms with E-state index in [9.17, 15) is 0 Å². The van der Waals surface area contributed by atoms with Crippen LogP contribution in [0, 0.1) is 0 Å². The molecule has 9 heavy (non-hydrogen) atoms. The number of likely N-dealkylation sites (tertiary alicyclic amines) is 1. The van der Waals surface area contributed by atoms with Gasteiger partial charge in [0.05, 0.1) is 6.34 Å². The van der Waals surface area contributed by atoms with E-state index in [-0.39, 0.29) is 0 Å². The van der Waals surface area contributed by atoms with Crippen molar-refractivity contribution in [1.29, 1.82) is 0 Å². The maximum absolute atomic E-state index is 3.91. The molecule has 0 aliphatic carbocycles. The monoisotopic (exact) mass is 124 g/mol. The lowest BCUT2D eigenvalue weighted by Crippen LogP contribution is -2.13. The molecule has 2 nitrogen and oxygen atoms in total. The van der Waals surface area contributed by atoms with E-state index in [1.54, 1.807) is 7.05 Å². The summed E-state index contributed by atoms with van der Waals surface area (Å²) in [5.41, 5.74) is 1.20. The molecule has 1 aliphatic rings. The molecule has 0 N–H and O–H groups in total. The zero-order valence-corrected chi connectivity index (χ0v) is 5.80. The molecule has 1 fully saturated rings. The molecule has 0 aromatic carbocycles. The van der Waals surface area contributed by atoms with Gasteiger partial charge in [0, 0.05) is 19.3 Å². The highest BCUT2D eigenvalue weighted by molar-refractivity contribution is 5.58. The van der Waals surface area contributed by atoms with Crippen molar-refractivity contribution in [1.82, 2.24) is 4.90 Å². The molecule has 1 heterocycles. The van der Waals surface area contributed by atoms with Gasteiger partial charge in [-0.3, -0.25) is 4.99 Å². The number of allylic oxidation sites excluding steroid dienone is 1. The Morgan fingerprint density at radius 3 is 3.00 bits per heavy atom. The van der Waals surface area contributed by atoms with Gasteiger partial charge < -0.3 is 4.90 Å². The summed E-state index contributed by atoms with van der Waals surface area (Å²) in [5.74, 6) is 0. The van der Waals surface area contributed by atoms with Crippen LogP contribution in [0.15, 0.2) is 17.3 Å². The number of aliphatic imine (C=N–C) groups is 1. The van der Waals surface area contributed by atoms with Crippen LogP contribution in [0.5, 0.6) is 0 Å². The van der Waals surface area contributed by atoms with E-state index in [0.717, 1.165) is 13.0 Å². The van der Waals surface area contributed by atoms with E-state index < -0.39 is 0 Å². The van der Waals surface area contributed by atoms with Crippen molar-refractivity contribution < 1.29 is 0 Å². The largest absolute Gasteiger partial charge is 0.337 e. The summed E-state index contributed by atoms with van der Waals surface area (Å²) in [4.78, 5) is 6.01. The van der Waals surface area contributed by atoms with Crippen molar-refractivity contribution in [2.45, 2.75) is 12.8 Å². The summed E-state index contributed by atoms with van der Waals surface area (Å²) in [5, 5.41) is 0. The molecule has 1 saturated heterocycles. The third-order valence-electron chi connectivity index (χ3n) is 1.53. The number of hydrogen-bond donors (Lipinski definition) is 0.